The van der Waals surface area contributed by atoms with Gasteiger partial charge in [-0.3, -0.25) is 24.1 Å². The molecule has 0 saturated carbocycles. The number of carbonyl (C=O) groups excluding carboxylic acids is 4. The summed E-state index contributed by atoms with van der Waals surface area (Å²) in [6.45, 7) is 3.95. The van der Waals surface area contributed by atoms with E-state index in [1.807, 2.05) is 0 Å². The van der Waals surface area contributed by atoms with Gasteiger partial charge in [0, 0.05) is 24.2 Å². The van der Waals surface area contributed by atoms with Crippen LogP contribution in [0.4, 0.5) is 0 Å². The largest absolute Gasteiger partial charge is 0.477 e. The molecular weight excluding hydrogens is 394 g/mol. The van der Waals surface area contributed by atoms with E-state index in [9.17, 15) is 29.1 Å². The fraction of sp³-hybridized carbons (Fsp3) is 0.500. The first-order valence-corrected chi connectivity index (χ1v) is 9.25. The van der Waals surface area contributed by atoms with Crippen molar-refractivity contribution in [3.8, 4) is 0 Å². The van der Waals surface area contributed by atoms with Crippen molar-refractivity contribution in [3.05, 3.63) is 11.3 Å². The number of β-lactam (4-membered cyclic amide) rings is 1. The molecule has 1 saturated heterocycles. The van der Waals surface area contributed by atoms with Crippen molar-refractivity contribution in [2.45, 2.75) is 32.2 Å². The Morgan fingerprint density at radius 1 is 1.36 bits per heavy atom. The molecule has 0 bridgehead atoms. The summed E-state index contributed by atoms with van der Waals surface area (Å²) < 4.78 is 4.83. The Morgan fingerprint density at radius 2 is 2.00 bits per heavy atom. The van der Waals surface area contributed by atoms with Crippen LogP contribution in [0.2, 0.25) is 0 Å². The van der Waals surface area contributed by atoms with Gasteiger partial charge in [-0.25, -0.2) is 4.79 Å². The van der Waals surface area contributed by atoms with Crippen molar-refractivity contribution in [2.75, 3.05) is 12.4 Å². The summed E-state index contributed by atoms with van der Waals surface area (Å²) in [5.41, 5.74) is -0.768. The van der Waals surface area contributed by atoms with E-state index in [0.29, 0.717) is 0 Å². The van der Waals surface area contributed by atoms with Crippen LogP contribution in [0.1, 0.15) is 20.8 Å². The number of nitrogens with one attached hydrogen (secondary N) is 1. The molecule has 2 aliphatic rings. The molecule has 152 valence electrons. The summed E-state index contributed by atoms with van der Waals surface area (Å²) in [5, 5.41) is 22.7. The van der Waals surface area contributed by atoms with Crippen LogP contribution in [0.3, 0.4) is 0 Å². The Kier molecular flexibility index (Phi) is 6.44. The first-order chi connectivity index (χ1) is 13.1. The Hall–Kier alpha value is -2.89. The fourth-order valence-corrected chi connectivity index (χ4v) is 4.00. The lowest BCUT2D eigenvalue weighted by Gasteiger charge is -2.49. The van der Waals surface area contributed by atoms with Gasteiger partial charge in [0.15, 0.2) is 5.78 Å². The number of oxime groups is 1. The summed E-state index contributed by atoms with van der Waals surface area (Å²) in [6.07, 6.45) is 0. The van der Waals surface area contributed by atoms with Crippen LogP contribution < -0.4 is 5.32 Å². The number of carboxylic acids is 1. The summed E-state index contributed by atoms with van der Waals surface area (Å²) in [5.74, 6) is -4.80. The van der Waals surface area contributed by atoms with Gasteiger partial charge in [-0.1, -0.05) is 19.0 Å². The van der Waals surface area contributed by atoms with E-state index in [1.165, 1.54) is 32.5 Å². The fourth-order valence-electron chi connectivity index (χ4n) is 2.67. The summed E-state index contributed by atoms with van der Waals surface area (Å²) >= 11 is 1.17. The number of carboxylic acid groups (broad SMARTS) is 1. The summed E-state index contributed by atoms with van der Waals surface area (Å²) in [6, 6.07) is -1.08. The van der Waals surface area contributed by atoms with Gasteiger partial charge in [0.05, 0.1) is 0 Å². The van der Waals surface area contributed by atoms with E-state index in [-0.39, 0.29) is 23.6 Å². The molecule has 0 aromatic carbocycles. The number of thioether (sulfide) groups is 1. The van der Waals surface area contributed by atoms with Crippen molar-refractivity contribution >= 4 is 47.0 Å². The van der Waals surface area contributed by atoms with Gasteiger partial charge >= 0.3 is 11.9 Å². The van der Waals surface area contributed by atoms with Gasteiger partial charge in [-0.2, -0.15) is 0 Å². The SMILES string of the molecule is CC(=O)OCC1=C(C(=O)O)N2C(=O)[C@@H](NC(=O)C(=NO)C(=O)C(C)C)[C@@H]2SC1. The third kappa shape index (κ3) is 4.01. The van der Waals surface area contributed by atoms with Gasteiger partial charge in [-0.15, -0.1) is 11.8 Å². The highest BCUT2D eigenvalue weighted by molar-refractivity contribution is 8.00. The molecule has 2 heterocycles. The Balaban J connectivity index is 2.17. The van der Waals surface area contributed by atoms with Gasteiger partial charge in [-0.05, 0) is 0 Å². The van der Waals surface area contributed by atoms with Gasteiger partial charge in [0.2, 0.25) is 5.71 Å². The van der Waals surface area contributed by atoms with Crippen LogP contribution in [0.5, 0.6) is 0 Å². The van der Waals surface area contributed by atoms with Gasteiger partial charge in [0.25, 0.3) is 11.8 Å². The molecule has 2 amide bonds. The zero-order valence-electron chi connectivity index (χ0n) is 15.3. The number of ether oxygens (including phenoxy) is 1. The number of hydrogen-bond donors (Lipinski definition) is 3. The molecule has 0 aliphatic carbocycles. The van der Waals surface area contributed by atoms with Crippen molar-refractivity contribution < 1.29 is 39.0 Å². The maximum absolute atomic E-state index is 12.5. The zero-order valence-corrected chi connectivity index (χ0v) is 16.1. The minimum absolute atomic E-state index is 0.168. The van der Waals surface area contributed by atoms with Crippen LogP contribution >= 0.6 is 11.8 Å². The number of nitrogens with zero attached hydrogens (tertiary/aromatic N) is 2. The Bertz CT molecular complexity index is 804. The molecule has 0 unspecified atom stereocenters. The quantitative estimate of drug-likeness (QED) is 0.123. The molecule has 0 spiro atoms. The summed E-state index contributed by atoms with van der Waals surface area (Å²) in [7, 11) is 0. The van der Waals surface area contributed by atoms with Crippen molar-refractivity contribution in [1.29, 1.82) is 0 Å². The minimum Gasteiger partial charge on any atom is -0.477 e. The van der Waals surface area contributed by atoms with Crippen molar-refractivity contribution in [3.63, 3.8) is 0 Å². The molecule has 0 aromatic rings. The Labute approximate surface area is 163 Å². The van der Waals surface area contributed by atoms with E-state index >= 15 is 0 Å². The predicted molar refractivity (Wildman–Crippen MR) is 95.4 cm³/mol. The molecular formula is C16H19N3O8S. The third-order valence-corrected chi connectivity index (χ3v) is 5.40. The topological polar surface area (TPSA) is 163 Å². The lowest BCUT2D eigenvalue weighted by Crippen LogP contribution is -2.71. The number of amides is 2. The normalized spacial score (nSPS) is 21.8. The van der Waals surface area contributed by atoms with Crippen LogP contribution in [0, 0.1) is 5.92 Å². The Morgan fingerprint density at radius 3 is 2.50 bits per heavy atom. The molecule has 2 aliphatic heterocycles. The number of esters is 1. The molecule has 2 rings (SSSR count). The molecule has 0 radical (unpaired) electrons. The predicted octanol–water partition coefficient (Wildman–Crippen LogP) is -0.657. The molecule has 1 fully saturated rings. The van der Waals surface area contributed by atoms with E-state index < -0.39 is 52.6 Å². The number of carbonyl (C=O) groups is 5. The molecule has 3 N–H and O–H groups in total. The van der Waals surface area contributed by atoms with E-state index in [0.717, 1.165) is 4.90 Å². The highest BCUT2D eigenvalue weighted by Gasteiger charge is 2.54. The highest BCUT2D eigenvalue weighted by atomic mass is 32.2. The van der Waals surface area contributed by atoms with E-state index in [1.54, 1.807) is 0 Å². The smallest absolute Gasteiger partial charge is 0.352 e. The molecule has 11 nitrogen and oxygen atoms in total. The average molecular weight is 413 g/mol. The van der Waals surface area contributed by atoms with Crippen molar-refractivity contribution in [2.24, 2.45) is 11.1 Å². The number of aliphatic carboxylic acids is 1. The molecule has 0 aromatic heterocycles. The summed E-state index contributed by atoms with van der Waals surface area (Å²) in [4.78, 5) is 60.1. The standard InChI is InChI=1S/C16H19N3O8S/c1-6(2)12(21)9(18-26)13(22)17-10-14(23)19-11(16(24)25)8(4-27-7(3)20)5-28-15(10)19/h6,10,15,26H,4-5H2,1-3H3,(H,17,22)(H,24,25)/t10-,15+/m1/s1. The lowest BCUT2D eigenvalue weighted by molar-refractivity contribution is -0.150. The molecule has 28 heavy (non-hydrogen) atoms. The van der Waals surface area contributed by atoms with Crippen LogP contribution in [-0.2, 0) is 28.7 Å². The monoisotopic (exact) mass is 413 g/mol. The number of ketones is 1. The second-order valence-electron chi connectivity index (χ2n) is 6.37. The first kappa shape index (κ1) is 21.4. The van der Waals surface area contributed by atoms with E-state index in [2.05, 4.69) is 10.5 Å². The number of Topliss-reactive ketones (excluding diaryl/α,β-unsaturated/α-hetero) is 1. The zero-order chi connectivity index (χ0) is 21.2. The van der Waals surface area contributed by atoms with Crippen LogP contribution in [-0.4, -0.2) is 74.2 Å². The van der Waals surface area contributed by atoms with E-state index in [4.69, 9.17) is 9.94 Å². The third-order valence-electron chi connectivity index (χ3n) is 4.06. The maximum atomic E-state index is 12.5. The van der Waals surface area contributed by atoms with Gasteiger partial charge < -0.3 is 20.4 Å². The number of fused-ring (bicyclic) bond motifs is 1. The van der Waals surface area contributed by atoms with Crippen molar-refractivity contribution in [1.82, 2.24) is 10.2 Å². The lowest BCUT2D eigenvalue weighted by atomic mass is 10.0. The maximum Gasteiger partial charge on any atom is 0.352 e. The number of rotatable bonds is 7. The van der Waals surface area contributed by atoms with Crippen LogP contribution in [0.15, 0.2) is 16.4 Å². The number of hydrogen-bond acceptors (Lipinski definition) is 9. The second kappa shape index (κ2) is 8.42. The van der Waals surface area contributed by atoms with Crippen LogP contribution in [0.25, 0.3) is 0 Å². The molecule has 12 heteroatoms. The first-order valence-electron chi connectivity index (χ1n) is 8.20. The molecule has 2 atom stereocenters. The minimum atomic E-state index is -1.36. The highest BCUT2D eigenvalue weighted by Crippen LogP contribution is 2.40. The second-order valence-corrected chi connectivity index (χ2v) is 7.47. The average Bonchev–Trinajstić information content (AvgIpc) is 2.63. The van der Waals surface area contributed by atoms with Gasteiger partial charge in [0.1, 0.15) is 23.7 Å².